The van der Waals surface area contributed by atoms with Crippen molar-refractivity contribution in [3.05, 3.63) is 116 Å². The number of rotatable bonds is 6. The standard InChI is InChI=1S/C33H34F2N6O2/c1-33(2,3)23-12-10-21(11-13-23)30-36-27-8-5-9-28(29(27)37-30)40-16-14-39(15-17-40)18-22-19-41(32(43)38-31(22)42)20-24-25(34)6-4-7-26(24)35/h4-13,19H,14-18,20H2,1-3H3,(H,36,37)(H,38,42,43). The SMILES string of the molecule is CC(C)(C)c1ccc(-c2nc3c(N4CCN(Cc5cn(Cc6c(F)cccc6F)c(=O)[nH]c5=O)CC4)cccc3[nH]2)cc1. The minimum atomic E-state index is -0.742. The van der Waals surface area contributed by atoms with Crippen molar-refractivity contribution in [3.8, 4) is 11.4 Å². The highest BCUT2D eigenvalue weighted by Gasteiger charge is 2.22. The van der Waals surface area contributed by atoms with E-state index in [1.165, 1.54) is 17.8 Å². The maximum atomic E-state index is 14.2. The van der Waals surface area contributed by atoms with Crippen LogP contribution in [0.15, 0.2) is 76.4 Å². The number of benzene rings is 3. The van der Waals surface area contributed by atoms with Gasteiger partial charge in [0.25, 0.3) is 5.56 Å². The van der Waals surface area contributed by atoms with Gasteiger partial charge in [-0.25, -0.2) is 18.6 Å². The molecule has 3 aromatic carbocycles. The molecule has 10 heteroatoms. The molecule has 1 aliphatic rings. The summed E-state index contributed by atoms with van der Waals surface area (Å²) in [4.78, 5) is 40.2. The van der Waals surface area contributed by atoms with Crippen LogP contribution in [0, 0.1) is 11.6 Å². The van der Waals surface area contributed by atoms with Gasteiger partial charge in [-0.15, -0.1) is 0 Å². The lowest BCUT2D eigenvalue weighted by molar-refractivity contribution is 0.248. The summed E-state index contributed by atoms with van der Waals surface area (Å²) in [5.41, 5.74) is 4.23. The van der Waals surface area contributed by atoms with E-state index in [0.717, 1.165) is 57.9 Å². The molecular weight excluding hydrogens is 550 g/mol. The minimum Gasteiger partial charge on any atom is -0.367 e. The number of para-hydroxylation sites is 1. The maximum Gasteiger partial charge on any atom is 0.328 e. The Kier molecular flexibility index (Phi) is 7.47. The van der Waals surface area contributed by atoms with E-state index in [2.05, 4.69) is 70.9 Å². The average molecular weight is 585 g/mol. The number of aromatic amines is 2. The molecule has 0 aliphatic carbocycles. The Morgan fingerprint density at radius 3 is 2.19 bits per heavy atom. The third-order valence-corrected chi connectivity index (χ3v) is 8.10. The van der Waals surface area contributed by atoms with Gasteiger partial charge in [-0.2, -0.15) is 0 Å². The maximum absolute atomic E-state index is 14.2. The average Bonchev–Trinajstić information content (AvgIpc) is 3.42. The zero-order chi connectivity index (χ0) is 30.3. The Bertz CT molecular complexity index is 1870. The van der Waals surface area contributed by atoms with Crippen LogP contribution in [0.2, 0.25) is 0 Å². The highest BCUT2D eigenvalue weighted by molar-refractivity contribution is 5.91. The number of halogens is 2. The number of piperazine rings is 1. The van der Waals surface area contributed by atoms with E-state index < -0.39 is 22.9 Å². The zero-order valence-corrected chi connectivity index (χ0v) is 24.5. The van der Waals surface area contributed by atoms with Crippen LogP contribution >= 0.6 is 0 Å². The van der Waals surface area contributed by atoms with Crippen molar-refractivity contribution < 1.29 is 8.78 Å². The van der Waals surface area contributed by atoms with Gasteiger partial charge in [0.2, 0.25) is 0 Å². The van der Waals surface area contributed by atoms with Crippen molar-refractivity contribution in [3.63, 3.8) is 0 Å². The van der Waals surface area contributed by atoms with Crippen LogP contribution in [0.25, 0.3) is 22.4 Å². The molecule has 1 fully saturated rings. The summed E-state index contributed by atoms with van der Waals surface area (Å²) >= 11 is 0. The van der Waals surface area contributed by atoms with Crippen LogP contribution < -0.4 is 16.1 Å². The number of nitrogens with zero attached hydrogens (tertiary/aromatic N) is 4. The summed E-state index contributed by atoms with van der Waals surface area (Å²) in [7, 11) is 0. The molecule has 6 rings (SSSR count). The zero-order valence-electron chi connectivity index (χ0n) is 24.5. The van der Waals surface area contributed by atoms with Crippen LogP contribution in [-0.4, -0.2) is 50.6 Å². The summed E-state index contributed by atoms with van der Waals surface area (Å²) in [6, 6.07) is 18.2. The van der Waals surface area contributed by atoms with E-state index in [1.807, 2.05) is 12.1 Å². The second-order valence-corrected chi connectivity index (χ2v) is 12.1. The number of hydrogen-bond donors (Lipinski definition) is 2. The number of imidazole rings is 1. The summed E-state index contributed by atoms with van der Waals surface area (Å²) < 4.78 is 29.5. The monoisotopic (exact) mass is 584 g/mol. The van der Waals surface area contributed by atoms with Gasteiger partial charge >= 0.3 is 5.69 Å². The van der Waals surface area contributed by atoms with Crippen molar-refractivity contribution in [1.29, 1.82) is 0 Å². The fourth-order valence-electron chi connectivity index (χ4n) is 5.56. The van der Waals surface area contributed by atoms with Gasteiger partial charge in [0.05, 0.1) is 17.7 Å². The van der Waals surface area contributed by atoms with Crippen LogP contribution in [0.1, 0.15) is 37.5 Å². The smallest absolute Gasteiger partial charge is 0.328 e. The number of nitrogens with one attached hydrogen (secondary N) is 2. The van der Waals surface area contributed by atoms with E-state index in [4.69, 9.17) is 4.98 Å². The molecule has 1 saturated heterocycles. The predicted octanol–water partition coefficient (Wildman–Crippen LogP) is 5.03. The lowest BCUT2D eigenvalue weighted by Gasteiger charge is -2.36. The van der Waals surface area contributed by atoms with E-state index in [0.29, 0.717) is 25.2 Å². The third kappa shape index (κ3) is 5.87. The molecule has 8 nitrogen and oxygen atoms in total. The topological polar surface area (TPSA) is 90.0 Å². The summed E-state index contributed by atoms with van der Waals surface area (Å²) in [6.07, 6.45) is 1.40. The first-order valence-electron chi connectivity index (χ1n) is 14.4. The third-order valence-electron chi connectivity index (χ3n) is 8.10. The largest absolute Gasteiger partial charge is 0.367 e. The number of hydrogen-bond acceptors (Lipinski definition) is 5. The van der Waals surface area contributed by atoms with Crippen LogP contribution in [0.5, 0.6) is 0 Å². The normalized spacial score (nSPS) is 14.5. The molecule has 0 unspecified atom stereocenters. The quantitative estimate of drug-likeness (QED) is 0.292. The van der Waals surface area contributed by atoms with E-state index in [1.54, 1.807) is 0 Å². The second kappa shape index (κ2) is 11.3. The van der Waals surface area contributed by atoms with Gasteiger partial charge in [0, 0.05) is 55.6 Å². The molecule has 0 bridgehead atoms. The van der Waals surface area contributed by atoms with Gasteiger partial charge in [-0.3, -0.25) is 19.2 Å². The fraction of sp³-hybridized carbons (Fsp3) is 0.303. The van der Waals surface area contributed by atoms with Gasteiger partial charge in [0.1, 0.15) is 23.0 Å². The molecule has 0 saturated carbocycles. The summed E-state index contributed by atoms with van der Waals surface area (Å²) in [5, 5.41) is 0. The lowest BCUT2D eigenvalue weighted by Crippen LogP contribution is -2.47. The van der Waals surface area contributed by atoms with Crippen molar-refractivity contribution in [1.82, 2.24) is 24.4 Å². The Morgan fingerprint density at radius 2 is 1.51 bits per heavy atom. The molecule has 5 aromatic rings. The van der Waals surface area contributed by atoms with Gasteiger partial charge in [-0.05, 0) is 35.2 Å². The van der Waals surface area contributed by atoms with Crippen molar-refractivity contribution in [2.45, 2.75) is 39.3 Å². The number of H-pyrrole nitrogens is 2. The first-order chi connectivity index (χ1) is 20.6. The number of anilines is 1. The fourth-order valence-corrected chi connectivity index (χ4v) is 5.56. The van der Waals surface area contributed by atoms with Crippen LogP contribution in [0.3, 0.4) is 0 Å². The summed E-state index contributed by atoms with van der Waals surface area (Å²) in [6.45, 7) is 9.40. The molecule has 0 spiro atoms. The second-order valence-electron chi connectivity index (χ2n) is 12.1. The van der Waals surface area contributed by atoms with Crippen molar-refractivity contribution >= 4 is 16.7 Å². The molecule has 2 aromatic heterocycles. The summed E-state index contributed by atoms with van der Waals surface area (Å²) in [5.74, 6) is -0.660. The first-order valence-corrected chi connectivity index (χ1v) is 14.4. The molecule has 222 valence electrons. The molecule has 43 heavy (non-hydrogen) atoms. The molecule has 2 N–H and O–H groups in total. The van der Waals surface area contributed by atoms with Crippen LogP contribution in [0.4, 0.5) is 14.5 Å². The Morgan fingerprint density at radius 1 is 0.837 bits per heavy atom. The number of fused-ring (bicyclic) bond motifs is 1. The van der Waals surface area contributed by atoms with Crippen molar-refractivity contribution in [2.24, 2.45) is 0 Å². The molecule has 3 heterocycles. The Labute approximate surface area is 247 Å². The van der Waals surface area contributed by atoms with Gasteiger partial charge < -0.3 is 9.88 Å². The molecule has 0 radical (unpaired) electrons. The molecule has 0 amide bonds. The van der Waals surface area contributed by atoms with Crippen molar-refractivity contribution in [2.75, 3.05) is 31.1 Å². The predicted molar refractivity (Wildman–Crippen MR) is 165 cm³/mol. The van der Waals surface area contributed by atoms with E-state index >= 15 is 0 Å². The van der Waals surface area contributed by atoms with E-state index in [-0.39, 0.29) is 17.5 Å². The van der Waals surface area contributed by atoms with E-state index in [9.17, 15) is 18.4 Å². The number of aromatic nitrogens is 4. The first kappa shape index (κ1) is 28.5. The van der Waals surface area contributed by atoms with Gasteiger partial charge in [-0.1, -0.05) is 57.2 Å². The van der Waals surface area contributed by atoms with Crippen LogP contribution in [-0.2, 0) is 18.5 Å². The Hall–Kier alpha value is -4.57. The molecule has 0 atom stereocenters. The molecule has 1 aliphatic heterocycles. The molecular formula is C33H34F2N6O2. The highest BCUT2D eigenvalue weighted by atomic mass is 19.1. The lowest BCUT2D eigenvalue weighted by atomic mass is 9.87. The minimum absolute atomic E-state index is 0.0802. The Balaban J connectivity index is 1.16. The highest BCUT2D eigenvalue weighted by Crippen LogP contribution is 2.30. The van der Waals surface area contributed by atoms with Gasteiger partial charge in [0.15, 0.2) is 0 Å².